The Morgan fingerprint density at radius 1 is 1.21 bits per heavy atom. The Kier molecular flexibility index (Phi) is 5.93. The van der Waals surface area contributed by atoms with Crippen LogP contribution in [0.25, 0.3) is 6.08 Å². The molecule has 148 valence electrons. The molecule has 0 bridgehead atoms. The minimum absolute atomic E-state index is 0.00423. The van der Waals surface area contributed by atoms with Gasteiger partial charge in [0.25, 0.3) is 16.8 Å². The fourth-order valence-electron chi connectivity index (χ4n) is 2.61. The summed E-state index contributed by atoms with van der Waals surface area (Å²) in [7, 11) is 0. The van der Waals surface area contributed by atoms with E-state index in [0.717, 1.165) is 4.90 Å². The van der Waals surface area contributed by atoms with Gasteiger partial charge in [0.05, 0.1) is 15.4 Å². The summed E-state index contributed by atoms with van der Waals surface area (Å²) in [6.45, 7) is -0.475. The average molecular weight is 413 g/mol. The van der Waals surface area contributed by atoms with Crippen molar-refractivity contribution >= 4 is 40.6 Å². The van der Waals surface area contributed by atoms with Crippen LogP contribution in [-0.4, -0.2) is 33.4 Å². The second-order valence-electron chi connectivity index (χ2n) is 5.98. The molecule has 1 heterocycles. The summed E-state index contributed by atoms with van der Waals surface area (Å²) in [5.74, 6) is -0.933. The van der Waals surface area contributed by atoms with Crippen LogP contribution in [0.5, 0.6) is 5.75 Å². The van der Waals surface area contributed by atoms with Gasteiger partial charge in [0.2, 0.25) is 5.91 Å². The number of nitrogens with two attached hydrogens (primary N) is 1. The number of carbonyl (C=O) groups excluding carboxylic acids is 3. The molecule has 2 aromatic rings. The normalized spacial score (nSPS) is 15.0. The average Bonchev–Trinajstić information content (AvgIpc) is 2.94. The molecule has 0 spiro atoms. The van der Waals surface area contributed by atoms with E-state index in [1.54, 1.807) is 42.5 Å². The predicted molar refractivity (Wildman–Crippen MR) is 106 cm³/mol. The van der Waals surface area contributed by atoms with Crippen molar-refractivity contribution in [3.8, 4) is 5.75 Å². The van der Waals surface area contributed by atoms with Gasteiger partial charge < -0.3 is 10.5 Å². The fourth-order valence-corrected chi connectivity index (χ4v) is 3.45. The second-order valence-corrected chi connectivity index (χ2v) is 6.97. The molecule has 2 aromatic carbocycles. The number of nitro groups is 1. The standard InChI is InChI=1S/C19H15N3O6S/c20-17(23)10-21-18(24)16(29-19(21)25)9-12-4-3-6-14(8-12)28-11-13-5-1-2-7-15(13)22(26)27/h1-9H,10-11H2,(H2,20,23)/b16-9-. The van der Waals surface area contributed by atoms with Crippen LogP contribution >= 0.6 is 11.8 Å². The first-order valence-electron chi connectivity index (χ1n) is 8.34. The molecule has 1 saturated heterocycles. The van der Waals surface area contributed by atoms with Crippen molar-refractivity contribution in [2.75, 3.05) is 6.54 Å². The third kappa shape index (κ3) is 4.79. The number of imide groups is 1. The largest absolute Gasteiger partial charge is 0.489 e. The van der Waals surface area contributed by atoms with Crippen molar-refractivity contribution in [3.63, 3.8) is 0 Å². The molecule has 29 heavy (non-hydrogen) atoms. The number of para-hydroxylation sites is 1. The summed E-state index contributed by atoms with van der Waals surface area (Å²) in [6.07, 6.45) is 1.50. The van der Waals surface area contributed by atoms with E-state index in [-0.39, 0.29) is 17.2 Å². The first-order chi connectivity index (χ1) is 13.8. The van der Waals surface area contributed by atoms with Crippen molar-refractivity contribution < 1.29 is 24.0 Å². The summed E-state index contributed by atoms with van der Waals surface area (Å²) < 4.78 is 5.65. The van der Waals surface area contributed by atoms with Crippen molar-refractivity contribution in [1.29, 1.82) is 0 Å². The Morgan fingerprint density at radius 2 is 1.97 bits per heavy atom. The third-order valence-electron chi connectivity index (χ3n) is 3.93. The summed E-state index contributed by atoms with van der Waals surface area (Å²) in [5, 5.41) is 10.5. The van der Waals surface area contributed by atoms with Crippen molar-refractivity contribution in [2.24, 2.45) is 5.73 Å². The molecule has 0 atom stereocenters. The minimum atomic E-state index is -0.779. The monoisotopic (exact) mass is 413 g/mol. The molecule has 1 aliphatic rings. The van der Waals surface area contributed by atoms with Gasteiger partial charge in [-0.05, 0) is 41.6 Å². The molecule has 9 nitrogen and oxygen atoms in total. The molecule has 2 N–H and O–H groups in total. The maximum atomic E-state index is 12.3. The lowest BCUT2D eigenvalue weighted by molar-refractivity contribution is -0.385. The van der Waals surface area contributed by atoms with Crippen LogP contribution in [0.3, 0.4) is 0 Å². The summed E-state index contributed by atoms with van der Waals surface area (Å²) in [6, 6.07) is 13.0. The first-order valence-corrected chi connectivity index (χ1v) is 9.15. The van der Waals surface area contributed by atoms with E-state index in [0.29, 0.717) is 28.6 Å². The van der Waals surface area contributed by atoms with Gasteiger partial charge in [0.15, 0.2) is 0 Å². The molecule has 0 saturated carbocycles. The van der Waals surface area contributed by atoms with Crippen molar-refractivity contribution in [1.82, 2.24) is 4.90 Å². The molecule has 0 unspecified atom stereocenters. The van der Waals surface area contributed by atoms with Gasteiger partial charge in [-0.2, -0.15) is 0 Å². The number of hydrogen-bond donors (Lipinski definition) is 1. The Hall–Kier alpha value is -3.66. The fraction of sp³-hybridized carbons (Fsp3) is 0.105. The van der Waals surface area contributed by atoms with E-state index < -0.39 is 28.5 Å². The smallest absolute Gasteiger partial charge is 0.294 e. The van der Waals surface area contributed by atoms with Gasteiger partial charge in [0, 0.05) is 6.07 Å². The van der Waals surface area contributed by atoms with Crippen LogP contribution in [0.1, 0.15) is 11.1 Å². The van der Waals surface area contributed by atoms with Gasteiger partial charge in [-0.15, -0.1) is 0 Å². The number of nitro benzene ring substituents is 1. The molecular formula is C19H15N3O6S. The van der Waals surface area contributed by atoms with Crippen LogP contribution in [-0.2, 0) is 16.2 Å². The topological polar surface area (TPSA) is 133 Å². The highest BCUT2D eigenvalue weighted by atomic mass is 32.2. The molecule has 0 aliphatic carbocycles. The van der Waals surface area contributed by atoms with Gasteiger partial charge in [0.1, 0.15) is 18.9 Å². The maximum absolute atomic E-state index is 12.3. The van der Waals surface area contributed by atoms with E-state index in [1.165, 1.54) is 12.1 Å². The first kappa shape index (κ1) is 20.1. The van der Waals surface area contributed by atoms with E-state index in [2.05, 4.69) is 0 Å². The molecule has 1 fully saturated rings. The molecule has 0 aromatic heterocycles. The van der Waals surface area contributed by atoms with Gasteiger partial charge in [-0.1, -0.05) is 24.3 Å². The van der Waals surface area contributed by atoms with E-state index in [9.17, 15) is 24.5 Å². The lowest BCUT2D eigenvalue weighted by atomic mass is 10.2. The van der Waals surface area contributed by atoms with E-state index in [1.807, 2.05) is 0 Å². The molecule has 0 radical (unpaired) electrons. The molecular weight excluding hydrogens is 398 g/mol. The SMILES string of the molecule is NC(=O)CN1C(=O)S/C(=C\c2cccc(OCc3ccccc3[N+](=O)[O-])c2)C1=O. The van der Waals surface area contributed by atoms with Crippen LogP contribution in [0.4, 0.5) is 10.5 Å². The predicted octanol–water partition coefficient (Wildman–Crippen LogP) is 2.70. The quantitative estimate of drug-likeness (QED) is 0.419. The van der Waals surface area contributed by atoms with Crippen LogP contribution in [0, 0.1) is 10.1 Å². The number of amides is 3. The highest BCUT2D eigenvalue weighted by molar-refractivity contribution is 8.18. The number of primary amides is 1. The lowest BCUT2D eigenvalue weighted by Crippen LogP contribution is -2.36. The Balaban J connectivity index is 1.74. The molecule has 10 heteroatoms. The zero-order chi connectivity index (χ0) is 21.0. The summed E-state index contributed by atoms with van der Waals surface area (Å²) in [5.41, 5.74) is 6.04. The highest BCUT2D eigenvalue weighted by Gasteiger charge is 2.35. The number of ether oxygens (including phenoxy) is 1. The molecule has 3 rings (SSSR count). The molecule has 3 amide bonds. The summed E-state index contributed by atoms with van der Waals surface area (Å²) in [4.78, 5) is 46.7. The third-order valence-corrected chi connectivity index (χ3v) is 4.83. The number of thioether (sulfide) groups is 1. The minimum Gasteiger partial charge on any atom is -0.489 e. The molecule has 1 aliphatic heterocycles. The number of rotatable bonds is 7. The van der Waals surface area contributed by atoms with Crippen molar-refractivity contribution in [3.05, 3.63) is 74.7 Å². The summed E-state index contributed by atoms with van der Waals surface area (Å²) >= 11 is 0.715. The lowest BCUT2D eigenvalue weighted by Gasteiger charge is -2.09. The van der Waals surface area contributed by atoms with Gasteiger partial charge >= 0.3 is 0 Å². The Morgan fingerprint density at radius 3 is 2.69 bits per heavy atom. The Bertz CT molecular complexity index is 1040. The number of carbonyl (C=O) groups is 3. The van der Waals surface area contributed by atoms with Crippen LogP contribution < -0.4 is 10.5 Å². The van der Waals surface area contributed by atoms with Gasteiger partial charge in [-0.3, -0.25) is 29.4 Å². The van der Waals surface area contributed by atoms with Gasteiger partial charge in [-0.25, -0.2) is 0 Å². The highest BCUT2D eigenvalue weighted by Crippen LogP contribution is 2.32. The zero-order valence-corrected chi connectivity index (χ0v) is 15.8. The number of nitrogens with zero attached hydrogens (tertiary/aromatic N) is 2. The zero-order valence-electron chi connectivity index (χ0n) is 14.9. The van der Waals surface area contributed by atoms with Crippen molar-refractivity contribution in [2.45, 2.75) is 6.61 Å². The number of hydrogen-bond acceptors (Lipinski definition) is 7. The van der Waals surface area contributed by atoms with E-state index >= 15 is 0 Å². The van der Waals surface area contributed by atoms with E-state index in [4.69, 9.17) is 10.5 Å². The van der Waals surface area contributed by atoms with Crippen LogP contribution in [0.2, 0.25) is 0 Å². The second kappa shape index (κ2) is 8.57. The maximum Gasteiger partial charge on any atom is 0.294 e. The number of benzene rings is 2. The Labute approximate surface area is 169 Å². The van der Waals surface area contributed by atoms with Crippen LogP contribution in [0.15, 0.2) is 53.4 Å².